The second-order valence-electron chi connectivity index (χ2n) is 21.3. The van der Waals surface area contributed by atoms with Gasteiger partial charge in [0.15, 0.2) is 0 Å². The largest absolute Gasteiger partial charge is 0.334 e. The molecule has 0 saturated heterocycles. The maximum absolute atomic E-state index is 2.68. The summed E-state index contributed by atoms with van der Waals surface area (Å²) in [5.41, 5.74) is 31.2. The minimum Gasteiger partial charge on any atom is -0.334 e. The number of hydrogen-bond acceptors (Lipinski definition) is 1. The Kier molecular flexibility index (Phi) is 7.99. The molecule has 1 nitrogen and oxygen atoms in total. The van der Waals surface area contributed by atoms with E-state index in [1.54, 1.807) is 0 Å². The Hall–Kier alpha value is -8.52. The van der Waals surface area contributed by atoms with Gasteiger partial charge in [0.25, 0.3) is 0 Å². The highest BCUT2D eigenvalue weighted by Crippen LogP contribution is 2.66. The molecule has 1 heteroatoms. The van der Waals surface area contributed by atoms with Crippen LogP contribution < -0.4 is 4.90 Å². The maximum Gasteiger partial charge on any atom is 0.0726 e. The summed E-state index contributed by atoms with van der Waals surface area (Å²) in [6.45, 7) is 4.80. The van der Waals surface area contributed by atoms with Gasteiger partial charge in [-0.15, -0.1) is 0 Å². The highest BCUT2D eigenvalue weighted by atomic mass is 15.2. The number of rotatable bonds is 4. The Bertz CT molecular complexity index is 3990. The third-order valence-electron chi connectivity index (χ3n) is 17.8. The molecule has 0 heterocycles. The highest BCUT2D eigenvalue weighted by Gasteiger charge is 2.54. The Morgan fingerprint density at radius 2 is 0.792 bits per heavy atom. The zero-order valence-electron chi connectivity index (χ0n) is 40.3. The zero-order chi connectivity index (χ0) is 47.5. The Morgan fingerprint density at radius 1 is 0.361 bits per heavy atom. The number of hydrogen-bond donors (Lipinski definition) is 0. The van der Waals surface area contributed by atoms with Crippen molar-refractivity contribution < 1.29 is 0 Å². The van der Waals surface area contributed by atoms with E-state index in [9.17, 15) is 0 Å². The van der Waals surface area contributed by atoms with Gasteiger partial charge in [-0.1, -0.05) is 232 Å². The van der Waals surface area contributed by atoms with Crippen molar-refractivity contribution in [2.45, 2.75) is 42.6 Å². The van der Waals surface area contributed by atoms with Crippen LogP contribution in [-0.4, -0.2) is 6.04 Å². The third-order valence-corrected chi connectivity index (χ3v) is 17.8. The molecular formula is C71H49N. The van der Waals surface area contributed by atoms with Gasteiger partial charge in [-0.2, -0.15) is 0 Å². The molecule has 338 valence electrons. The van der Waals surface area contributed by atoms with Crippen molar-refractivity contribution in [2.24, 2.45) is 0 Å². The van der Waals surface area contributed by atoms with Crippen LogP contribution in [0.1, 0.15) is 81.5 Å². The van der Waals surface area contributed by atoms with E-state index in [0.717, 1.165) is 6.42 Å². The topological polar surface area (TPSA) is 3.24 Å². The number of allylic oxidation sites excluding steroid dienone is 2. The van der Waals surface area contributed by atoms with E-state index in [-0.39, 0.29) is 16.9 Å². The lowest BCUT2D eigenvalue weighted by Crippen LogP contribution is -2.31. The molecule has 0 bridgehead atoms. The third kappa shape index (κ3) is 4.89. The molecule has 0 aromatic heterocycles. The van der Waals surface area contributed by atoms with Crippen molar-refractivity contribution in [2.75, 3.05) is 4.90 Å². The molecule has 0 aliphatic heterocycles. The van der Waals surface area contributed by atoms with Crippen LogP contribution in [0.15, 0.2) is 243 Å². The summed E-state index contributed by atoms with van der Waals surface area (Å²) in [5, 5.41) is 0. The van der Waals surface area contributed by atoms with Crippen molar-refractivity contribution in [1.29, 1.82) is 0 Å². The van der Waals surface area contributed by atoms with Crippen LogP contribution in [0.3, 0.4) is 0 Å². The molecule has 10 aromatic carbocycles. The molecule has 2 spiro atoms. The van der Waals surface area contributed by atoms with Crippen LogP contribution in [0.2, 0.25) is 0 Å². The second kappa shape index (κ2) is 14.3. The minimum atomic E-state index is -0.425. The molecule has 0 fully saturated rings. The van der Waals surface area contributed by atoms with Crippen molar-refractivity contribution in [3.63, 3.8) is 0 Å². The van der Waals surface area contributed by atoms with Gasteiger partial charge < -0.3 is 4.90 Å². The van der Waals surface area contributed by atoms with Crippen LogP contribution >= 0.6 is 0 Å². The van der Waals surface area contributed by atoms with E-state index in [4.69, 9.17) is 0 Å². The van der Waals surface area contributed by atoms with E-state index in [2.05, 4.69) is 261 Å². The highest BCUT2D eigenvalue weighted by molar-refractivity contribution is 6.01. The van der Waals surface area contributed by atoms with Gasteiger partial charge >= 0.3 is 0 Å². The van der Waals surface area contributed by atoms with E-state index in [1.165, 1.54) is 134 Å². The number of anilines is 2. The first-order valence-corrected chi connectivity index (χ1v) is 25.8. The SMILES string of the molecule is CC1(C)c2ccccc2-c2ccc(N(c3cccc4c3-c3ccccc3C43c4ccccc4-c4ccccc43)C3C=CC(c4ccc5c(c4)-c4ccccc4C54c5ccccc5-c5ccccc54)=CC3)cc21. The molecule has 0 radical (unpaired) electrons. The molecule has 0 N–H and O–H groups in total. The molecule has 0 saturated carbocycles. The normalized spacial score (nSPS) is 17.2. The molecule has 0 amide bonds. The Morgan fingerprint density at radius 3 is 1.33 bits per heavy atom. The zero-order valence-corrected chi connectivity index (χ0v) is 40.3. The van der Waals surface area contributed by atoms with E-state index >= 15 is 0 Å². The van der Waals surface area contributed by atoms with Crippen molar-refractivity contribution >= 4 is 16.9 Å². The molecule has 72 heavy (non-hydrogen) atoms. The van der Waals surface area contributed by atoms with Gasteiger partial charge in [-0.3, -0.25) is 0 Å². The lowest BCUT2D eigenvalue weighted by Gasteiger charge is -2.36. The summed E-state index contributed by atoms with van der Waals surface area (Å²) < 4.78 is 0. The first-order valence-electron chi connectivity index (χ1n) is 25.8. The summed E-state index contributed by atoms with van der Waals surface area (Å²) >= 11 is 0. The summed E-state index contributed by atoms with van der Waals surface area (Å²) in [6.07, 6.45) is 8.26. The van der Waals surface area contributed by atoms with Gasteiger partial charge in [-0.25, -0.2) is 0 Å². The fourth-order valence-electron chi connectivity index (χ4n) is 15.0. The van der Waals surface area contributed by atoms with Crippen molar-refractivity contribution in [3.05, 3.63) is 304 Å². The fraction of sp³-hybridized carbons (Fsp3) is 0.0986. The molecule has 6 aliphatic rings. The van der Waals surface area contributed by atoms with E-state index in [0.29, 0.717) is 0 Å². The predicted octanol–water partition coefficient (Wildman–Crippen LogP) is 17.2. The maximum atomic E-state index is 2.68. The number of nitrogens with zero attached hydrogens (tertiary/aromatic N) is 1. The first-order chi connectivity index (χ1) is 35.5. The van der Waals surface area contributed by atoms with Gasteiger partial charge in [-0.05, 0) is 148 Å². The first kappa shape index (κ1) is 40.2. The molecular weight excluding hydrogens is 867 g/mol. The van der Waals surface area contributed by atoms with Crippen LogP contribution in [0.5, 0.6) is 0 Å². The minimum absolute atomic E-state index is 0.0574. The molecule has 16 rings (SSSR count). The molecule has 6 aliphatic carbocycles. The average molecular weight is 916 g/mol. The van der Waals surface area contributed by atoms with Crippen LogP contribution in [0.4, 0.5) is 11.4 Å². The van der Waals surface area contributed by atoms with Crippen LogP contribution in [-0.2, 0) is 16.2 Å². The number of benzene rings is 10. The average Bonchev–Trinajstić information content (AvgIpc) is 4.17. The summed E-state index contributed by atoms with van der Waals surface area (Å²) in [4.78, 5) is 2.68. The van der Waals surface area contributed by atoms with Gasteiger partial charge in [0.2, 0.25) is 0 Å². The van der Waals surface area contributed by atoms with Crippen molar-refractivity contribution in [3.8, 4) is 55.6 Å². The fourth-order valence-corrected chi connectivity index (χ4v) is 15.0. The van der Waals surface area contributed by atoms with E-state index < -0.39 is 5.41 Å². The van der Waals surface area contributed by atoms with E-state index in [1.807, 2.05) is 0 Å². The van der Waals surface area contributed by atoms with Gasteiger partial charge in [0.05, 0.1) is 16.9 Å². The van der Waals surface area contributed by atoms with Crippen LogP contribution in [0, 0.1) is 0 Å². The van der Waals surface area contributed by atoms with Crippen molar-refractivity contribution in [1.82, 2.24) is 0 Å². The monoisotopic (exact) mass is 915 g/mol. The smallest absolute Gasteiger partial charge is 0.0726 e. The van der Waals surface area contributed by atoms with Gasteiger partial charge in [0, 0.05) is 22.4 Å². The lowest BCUT2D eigenvalue weighted by molar-refractivity contribution is 0.659. The molecule has 1 unspecified atom stereocenters. The van der Waals surface area contributed by atoms with Crippen LogP contribution in [0.25, 0.3) is 61.2 Å². The predicted molar refractivity (Wildman–Crippen MR) is 297 cm³/mol. The number of fused-ring (bicyclic) bond motifs is 23. The standard InChI is InChI=1S/C71H49N/c1-69(2)57-25-10-3-18-48(57)54-40-39-47(43-66(54)69)72(67-33-17-32-65-68(67)55-24-9-16-31-63(55)71(65)60-28-13-6-21-51(60)52-22-7-14-29-61(52)71)46-37-34-44(35-38-46)45-36-41-64-56(42-45)53-23-8-15-30-62(53)70(64)58-26-11-4-19-49(58)50-20-5-12-27-59(50)70/h3-37,39-43,46H,38H2,1-2H3. The Labute approximate surface area is 421 Å². The second-order valence-corrected chi connectivity index (χ2v) is 21.3. The Balaban J connectivity index is 0.857. The lowest BCUT2D eigenvalue weighted by atomic mass is 9.70. The quantitative estimate of drug-likeness (QED) is 0.170. The van der Waals surface area contributed by atoms with Gasteiger partial charge in [0.1, 0.15) is 0 Å². The molecule has 10 aromatic rings. The summed E-state index contributed by atoms with van der Waals surface area (Å²) in [6, 6.07) is 85.7. The summed E-state index contributed by atoms with van der Waals surface area (Å²) in [7, 11) is 0. The molecule has 1 atom stereocenters. The summed E-state index contributed by atoms with van der Waals surface area (Å²) in [5.74, 6) is 0.